The van der Waals surface area contributed by atoms with Gasteiger partial charge in [-0.1, -0.05) is 41.4 Å². The first-order valence-corrected chi connectivity index (χ1v) is 7.41. The van der Waals surface area contributed by atoms with Crippen molar-refractivity contribution in [1.29, 1.82) is 0 Å². The van der Waals surface area contributed by atoms with Gasteiger partial charge in [-0.3, -0.25) is 4.79 Å². The maximum atomic E-state index is 12.0. The number of thiophene rings is 1. The Hall–Kier alpha value is -1.49. The van der Waals surface area contributed by atoms with E-state index in [-0.39, 0.29) is 5.91 Å². The molecule has 1 aromatic carbocycles. The van der Waals surface area contributed by atoms with Gasteiger partial charge in [0.1, 0.15) is 15.7 Å². The molecule has 0 radical (unpaired) electrons. The number of nitrogens with one attached hydrogen (secondary N) is 1. The summed E-state index contributed by atoms with van der Waals surface area (Å²) in [4.78, 5) is 12.0. The molecule has 1 amide bonds. The van der Waals surface area contributed by atoms with Gasteiger partial charge in [-0.15, -0.1) is 11.3 Å². The van der Waals surface area contributed by atoms with E-state index < -0.39 is 0 Å². The monoisotopic (exact) mass is 325 g/mol. The number of hydrogen-bond acceptors (Lipinski definition) is 3. The summed E-state index contributed by atoms with van der Waals surface area (Å²) in [6.45, 7) is 0.303. The van der Waals surface area contributed by atoms with Crippen LogP contribution in [0.4, 0.5) is 0 Å². The number of benzene rings is 1. The summed E-state index contributed by atoms with van der Waals surface area (Å²) >= 11 is 12.9. The number of carbonyl (C=O) groups is 1. The molecule has 6 heteroatoms. The molecule has 2 aromatic heterocycles. The lowest BCUT2D eigenvalue weighted by Gasteiger charge is -2.01. The number of amides is 1. The van der Waals surface area contributed by atoms with Gasteiger partial charge in [-0.2, -0.15) is 0 Å². The number of para-hydroxylation sites is 1. The first kappa shape index (κ1) is 13.5. The minimum absolute atomic E-state index is 0.265. The van der Waals surface area contributed by atoms with E-state index in [2.05, 4.69) is 5.32 Å². The van der Waals surface area contributed by atoms with Crippen molar-refractivity contribution >= 4 is 51.4 Å². The number of halogens is 2. The number of rotatable bonds is 3. The van der Waals surface area contributed by atoms with Gasteiger partial charge < -0.3 is 9.73 Å². The molecule has 0 saturated carbocycles. The Bertz CT molecular complexity index is 745. The van der Waals surface area contributed by atoms with Crippen molar-refractivity contribution in [2.45, 2.75) is 6.54 Å². The predicted molar refractivity (Wildman–Crippen MR) is 81.7 cm³/mol. The molecule has 0 aliphatic rings. The lowest BCUT2D eigenvalue weighted by Crippen LogP contribution is -2.22. The van der Waals surface area contributed by atoms with Crippen molar-refractivity contribution < 1.29 is 9.21 Å². The minimum atomic E-state index is -0.265. The van der Waals surface area contributed by atoms with Crippen molar-refractivity contribution in [3.05, 3.63) is 56.4 Å². The highest BCUT2D eigenvalue weighted by atomic mass is 35.5. The van der Waals surface area contributed by atoms with Crippen LogP contribution in [-0.2, 0) is 6.54 Å². The predicted octanol–water partition coefficient (Wildman–Crippen LogP) is 4.73. The second kappa shape index (κ2) is 5.48. The molecule has 20 heavy (non-hydrogen) atoms. The average Bonchev–Trinajstić information content (AvgIpc) is 2.98. The zero-order valence-electron chi connectivity index (χ0n) is 10.2. The molecule has 0 unspecified atom stereocenters. The van der Waals surface area contributed by atoms with E-state index in [9.17, 15) is 4.79 Å². The van der Waals surface area contributed by atoms with E-state index in [1.807, 2.05) is 30.3 Å². The van der Waals surface area contributed by atoms with E-state index in [0.29, 0.717) is 26.5 Å². The normalized spacial score (nSPS) is 10.9. The molecular formula is C14H9Cl2NO2S. The van der Waals surface area contributed by atoms with E-state index in [0.717, 1.165) is 11.0 Å². The SMILES string of the molecule is O=C(NCc1cc2ccccc2o1)c1cc(Cl)sc1Cl. The Balaban J connectivity index is 1.73. The second-order valence-electron chi connectivity index (χ2n) is 4.17. The van der Waals surface area contributed by atoms with Crippen molar-refractivity contribution in [2.24, 2.45) is 0 Å². The van der Waals surface area contributed by atoms with Gasteiger partial charge in [-0.05, 0) is 18.2 Å². The third-order valence-corrected chi connectivity index (χ3v) is 4.29. The third kappa shape index (κ3) is 2.68. The van der Waals surface area contributed by atoms with Gasteiger partial charge in [0.15, 0.2) is 0 Å². The second-order valence-corrected chi connectivity index (χ2v) is 6.46. The van der Waals surface area contributed by atoms with Crippen LogP contribution in [0.25, 0.3) is 11.0 Å². The molecule has 0 spiro atoms. The molecule has 1 N–H and O–H groups in total. The molecule has 0 aliphatic carbocycles. The van der Waals surface area contributed by atoms with Crippen LogP contribution >= 0.6 is 34.5 Å². The van der Waals surface area contributed by atoms with Crippen LogP contribution < -0.4 is 5.32 Å². The first-order valence-electron chi connectivity index (χ1n) is 5.84. The van der Waals surface area contributed by atoms with Crippen molar-refractivity contribution in [3.63, 3.8) is 0 Å². The minimum Gasteiger partial charge on any atom is -0.459 e. The summed E-state index contributed by atoms with van der Waals surface area (Å²) in [7, 11) is 0. The maximum Gasteiger partial charge on any atom is 0.254 e. The molecule has 102 valence electrons. The van der Waals surface area contributed by atoms with E-state index in [4.69, 9.17) is 27.6 Å². The Morgan fingerprint density at radius 1 is 1.25 bits per heavy atom. The lowest BCUT2D eigenvalue weighted by molar-refractivity contribution is 0.0949. The summed E-state index contributed by atoms with van der Waals surface area (Å²) in [5.74, 6) is 0.426. The maximum absolute atomic E-state index is 12.0. The zero-order valence-corrected chi connectivity index (χ0v) is 12.5. The summed E-state index contributed by atoms with van der Waals surface area (Å²) in [6.07, 6.45) is 0. The average molecular weight is 326 g/mol. The van der Waals surface area contributed by atoms with Crippen LogP contribution in [0.2, 0.25) is 8.67 Å². The summed E-state index contributed by atoms with van der Waals surface area (Å²) in [6, 6.07) is 11.1. The molecule has 3 aromatic rings. The van der Waals surface area contributed by atoms with Crippen LogP contribution in [0.15, 0.2) is 40.8 Å². The highest BCUT2D eigenvalue weighted by Gasteiger charge is 2.14. The van der Waals surface area contributed by atoms with Crippen LogP contribution in [0.5, 0.6) is 0 Å². The van der Waals surface area contributed by atoms with Crippen LogP contribution in [0, 0.1) is 0 Å². The zero-order chi connectivity index (χ0) is 14.1. The smallest absolute Gasteiger partial charge is 0.254 e. The summed E-state index contributed by atoms with van der Waals surface area (Å²) < 4.78 is 6.49. The van der Waals surface area contributed by atoms with Crippen molar-refractivity contribution in [1.82, 2.24) is 5.32 Å². The standard InChI is InChI=1S/C14H9Cl2NO2S/c15-12-6-10(13(16)20-12)14(18)17-7-9-5-8-3-1-2-4-11(8)19-9/h1-6H,7H2,(H,17,18). The fourth-order valence-corrected chi connectivity index (χ4v) is 3.34. The van der Waals surface area contributed by atoms with Gasteiger partial charge >= 0.3 is 0 Å². The number of hydrogen-bond donors (Lipinski definition) is 1. The molecule has 0 atom stereocenters. The Morgan fingerprint density at radius 3 is 2.75 bits per heavy atom. The fourth-order valence-electron chi connectivity index (χ4n) is 1.88. The van der Waals surface area contributed by atoms with Gasteiger partial charge in [0.25, 0.3) is 5.91 Å². The van der Waals surface area contributed by atoms with Crippen LogP contribution in [0.3, 0.4) is 0 Å². The highest BCUT2D eigenvalue weighted by molar-refractivity contribution is 7.20. The Morgan fingerprint density at radius 2 is 2.05 bits per heavy atom. The molecule has 2 heterocycles. The lowest BCUT2D eigenvalue weighted by atomic mass is 10.2. The van der Waals surface area contributed by atoms with Crippen molar-refractivity contribution in [2.75, 3.05) is 0 Å². The number of furan rings is 1. The topological polar surface area (TPSA) is 42.2 Å². The van der Waals surface area contributed by atoms with Crippen molar-refractivity contribution in [3.8, 4) is 0 Å². The molecule has 0 bridgehead atoms. The van der Waals surface area contributed by atoms with Gasteiger partial charge in [0.2, 0.25) is 0 Å². The third-order valence-electron chi connectivity index (χ3n) is 2.80. The Kier molecular flexibility index (Phi) is 3.70. The number of fused-ring (bicyclic) bond motifs is 1. The fraction of sp³-hybridized carbons (Fsp3) is 0.0714. The first-order chi connectivity index (χ1) is 9.63. The van der Waals surface area contributed by atoms with Crippen LogP contribution in [-0.4, -0.2) is 5.91 Å². The van der Waals surface area contributed by atoms with Gasteiger partial charge in [0, 0.05) is 5.39 Å². The molecule has 0 aliphatic heterocycles. The molecular weight excluding hydrogens is 317 g/mol. The van der Waals surface area contributed by atoms with E-state index in [1.165, 1.54) is 11.3 Å². The Labute approximate surface area is 129 Å². The molecule has 3 nitrogen and oxygen atoms in total. The van der Waals surface area contributed by atoms with Crippen LogP contribution in [0.1, 0.15) is 16.1 Å². The molecule has 3 rings (SSSR count). The van der Waals surface area contributed by atoms with E-state index >= 15 is 0 Å². The van der Waals surface area contributed by atoms with Gasteiger partial charge in [-0.25, -0.2) is 0 Å². The number of carbonyl (C=O) groups excluding carboxylic acids is 1. The highest BCUT2D eigenvalue weighted by Crippen LogP contribution is 2.31. The largest absolute Gasteiger partial charge is 0.459 e. The van der Waals surface area contributed by atoms with Gasteiger partial charge in [0.05, 0.1) is 16.4 Å². The summed E-state index contributed by atoms with van der Waals surface area (Å²) in [5.41, 5.74) is 1.19. The molecule has 0 fully saturated rings. The molecule has 0 saturated heterocycles. The van der Waals surface area contributed by atoms with E-state index in [1.54, 1.807) is 6.07 Å². The summed E-state index contributed by atoms with van der Waals surface area (Å²) in [5, 5.41) is 3.77. The quantitative estimate of drug-likeness (QED) is 0.756.